The molecule has 0 amide bonds. The van der Waals surface area contributed by atoms with E-state index in [1.54, 1.807) is 6.07 Å². The molecule has 0 unspecified atom stereocenters. The van der Waals surface area contributed by atoms with Crippen molar-refractivity contribution in [3.8, 4) is 0 Å². The van der Waals surface area contributed by atoms with E-state index in [-0.39, 0.29) is 11.9 Å². The maximum absolute atomic E-state index is 12.9. The van der Waals surface area contributed by atoms with Crippen LogP contribution < -0.4 is 5.73 Å². The molecular weight excluding hydrogens is 201 g/mol. The fourth-order valence-corrected chi connectivity index (χ4v) is 1.75. The van der Waals surface area contributed by atoms with Crippen LogP contribution in [-0.2, 0) is 0 Å². The molecule has 0 spiro atoms. The van der Waals surface area contributed by atoms with E-state index in [1.165, 1.54) is 17.7 Å². The van der Waals surface area contributed by atoms with E-state index in [9.17, 15) is 4.39 Å². The molecule has 0 saturated heterocycles. The van der Waals surface area contributed by atoms with Crippen molar-refractivity contribution in [1.82, 2.24) is 0 Å². The SMILES string of the molecule is NC1CC(=Cc2cc(F)ccc2Cl)C1. The van der Waals surface area contributed by atoms with Crippen molar-refractivity contribution >= 4 is 17.7 Å². The Labute approximate surface area is 87.4 Å². The monoisotopic (exact) mass is 211 g/mol. The topological polar surface area (TPSA) is 26.0 Å². The second-order valence-corrected chi connectivity index (χ2v) is 4.04. The van der Waals surface area contributed by atoms with Gasteiger partial charge in [0.05, 0.1) is 0 Å². The van der Waals surface area contributed by atoms with Gasteiger partial charge < -0.3 is 5.73 Å². The van der Waals surface area contributed by atoms with Crippen LogP contribution in [0.2, 0.25) is 5.02 Å². The summed E-state index contributed by atoms with van der Waals surface area (Å²) < 4.78 is 12.9. The van der Waals surface area contributed by atoms with E-state index in [4.69, 9.17) is 17.3 Å². The number of rotatable bonds is 1. The van der Waals surface area contributed by atoms with Gasteiger partial charge in [-0.1, -0.05) is 23.3 Å². The van der Waals surface area contributed by atoms with Crippen molar-refractivity contribution < 1.29 is 4.39 Å². The first-order valence-corrected chi connectivity index (χ1v) is 4.93. The van der Waals surface area contributed by atoms with Crippen molar-refractivity contribution in [2.75, 3.05) is 0 Å². The molecule has 1 saturated carbocycles. The van der Waals surface area contributed by atoms with Crippen LogP contribution in [0.5, 0.6) is 0 Å². The molecule has 1 aliphatic rings. The summed E-state index contributed by atoms with van der Waals surface area (Å²) in [6.45, 7) is 0. The van der Waals surface area contributed by atoms with Gasteiger partial charge in [-0.15, -0.1) is 0 Å². The van der Waals surface area contributed by atoms with E-state index < -0.39 is 0 Å². The van der Waals surface area contributed by atoms with Crippen LogP contribution in [0.25, 0.3) is 6.08 Å². The molecule has 0 aromatic heterocycles. The Morgan fingerprint density at radius 2 is 2.14 bits per heavy atom. The van der Waals surface area contributed by atoms with E-state index in [1.807, 2.05) is 6.08 Å². The highest BCUT2D eigenvalue weighted by molar-refractivity contribution is 6.32. The Balaban J connectivity index is 2.24. The molecule has 1 fully saturated rings. The zero-order chi connectivity index (χ0) is 10.1. The molecule has 1 aromatic carbocycles. The molecule has 14 heavy (non-hydrogen) atoms. The Bertz CT molecular complexity index is 379. The first-order valence-electron chi connectivity index (χ1n) is 4.55. The smallest absolute Gasteiger partial charge is 0.123 e. The Hall–Kier alpha value is -0.860. The Kier molecular flexibility index (Phi) is 2.57. The van der Waals surface area contributed by atoms with Crippen molar-refractivity contribution in [3.63, 3.8) is 0 Å². The van der Waals surface area contributed by atoms with Gasteiger partial charge in [-0.25, -0.2) is 4.39 Å². The van der Waals surface area contributed by atoms with Gasteiger partial charge in [0.1, 0.15) is 5.82 Å². The van der Waals surface area contributed by atoms with Gasteiger partial charge in [0, 0.05) is 11.1 Å². The van der Waals surface area contributed by atoms with Gasteiger partial charge in [-0.2, -0.15) is 0 Å². The third-order valence-electron chi connectivity index (χ3n) is 2.37. The van der Waals surface area contributed by atoms with Crippen molar-refractivity contribution in [2.24, 2.45) is 5.73 Å². The molecule has 2 rings (SSSR count). The lowest BCUT2D eigenvalue weighted by atomic mass is 9.86. The average Bonchev–Trinajstić information content (AvgIpc) is 2.09. The predicted octanol–water partition coefficient (Wildman–Crippen LogP) is 2.98. The zero-order valence-electron chi connectivity index (χ0n) is 7.63. The third-order valence-corrected chi connectivity index (χ3v) is 2.71. The van der Waals surface area contributed by atoms with Gasteiger partial charge in [0.2, 0.25) is 0 Å². The maximum atomic E-state index is 12.9. The van der Waals surface area contributed by atoms with Gasteiger partial charge >= 0.3 is 0 Å². The highest BCUT2D eigenvalue weighted by atomic mass is 35.5. The summed E-state index contributed by atoms with van der Waals surface area (Å²) in [6, 6.07) is 4.64. The molecule has 1 nitrogen and oxygen atoms in total. The molecule has 0 radical (unpaired) electrons. The maximum Gasteiger partial charge on any atom is 0.123 e. The highest BCUT2D eigenvalue weighted by Crippen LogP contribution is 2.29. The zero-order valence-corrected chi connectivity index (χ0v) is 8.39. The summed E-state index contributed by atoms with van der Waals surface area (Å²) in [6.07, 6.45) is 3.72. The second-order valence-electron chi connectivity index (χ2n) is 3.64. The summed E-state index contributed by atoms with van der Waals surface area (Å²) in [5, 5.41) is 0.583. The lowest BCUT2D eigenvalue weighted by molar-refractivity contribution is 0.547. The summed E-state index contributed by atoms with van der Waals surface area (Å²) in [5.41, 5.74) is 7.63. The van der Waals surface area contributed by atoms with Crippen LogP contribution in [0.15, 0.2) is 23.8 Å². The first kappa shape index (κ1) is 9.69. The lowest BCUT2D eigenvalue weighted by Gasteiger charge is -2.25. The molecular formula is C11H11ClFN. The summed E-state index contributed by atoms with van der Waals surface area (Å²) in [5.74, 6) is -0.259. The fourth-order valence-electron chi connectivity index (χ4n) is 1.58. The minimum Gasteiger partial charge on any atom is -0.327 e. The number of nitrogens with two attached hydrogens (primary N) is 1. The average molecular weight is 212 g/mol. The normalized spacial score (nSPS) is 20.5. The van der Waals surface area contributed by atoms with Gasteiger partial charge in [-0.05, 0) is 36.6 Å². The quantitative estimate of drug-likeness (QED) is 0.760. The van der Waals surface area contributed by atoms with Crippen molar-refractivity contribution in [2.45, 2.75) is 18.9 Å². The third kappa shape index (κ3) is 1.97. The van der Waals surface area contributed by atoms with E-state index in [0.717, 1.165) is 18.4 Å². The molecule has 2 N–H and O–H groups in total. The number of hydrogen-bond donors (Lipinski definition) is 1. The number of halogens is 2. The predicted molar refractivity (Wildman–Crippen MR) is 56.6 cm³/mol. The van der Waals surface area contributed by atoms with Gasteiger partial charge in [0.25, 0.3) is 0 Å². The first-order chi connectivity index (χ1) is 6.65. The Morgan fingerprint density at radius 1 is 1.43 bits per heavy atom. The van der Waals surface area contributed by atoms with E-state index in [2.05, 4.69) is 0 Å². The van der Waals surface area contributed by atoms with Crippen LogP contribution in [-0.4, -0.2) is 6.04 Å². The molecule has 0 aliphatic heterocycles. The molecule has 0 heterocycles. The van der Waals surface area contributed by atoms with Crippen LogP contribution in [0, 0.1) is 5.82 Å². The minimum atomic E-state index is -0.259. The van der Waals surface area contributed by atoms with Crippen molar-refractivity contribution in [1.29, 1.82) is 0 Å². The summed E-state index contributed by atoms with van der Waals surface area (Å²) in [7, 11) is 0. The lowest BCUT2D eigenvalue weighted by Crippen LogP contribution is -2.29. The number of hydrogen-bond acceptors (Lipinski definition) is 1. The molecule has 0 bridgehead atoms. The molecule has 3 heteroatoms. The van der Waals surface area contributed by atoms with E-state index >= 15 is 0 Å². The minimum absolute atomic E-state index is 0.259. The molecule has 74 valence electrons. The Morgan fingerprint density at radius 3 is 2.79 bits per heavy atom. The fraction of sp³-hybridized carbons (Fsp3) is 0.273. The molecule has 0 atom stereocenters. The highest BCUT2D eigenvalue weighted by Gasteiger charge is 2.18. The largest absolute Gasteiger partial charge is 0.327 e. The second kappa shape index (κ2) is 3.71. The standard InChI is InChI=1S/C11H11ClFN/c12-11-2-1-9(13)6-8(11)3-7-4-10(14)5-7/h1-3,6,10H,4-5,14H2. The summed E-state index contributed by atoms with van der Waals surface area (Å²) in [4.78, 5) is 0. The number of benzene rings is 1. The van der Waals surface area contributed by atoms with Crippen LogP contribution in [0.4, 0.5) is 4.39 Å². The van der Waals surface area contributed by atoms with Crippen LogP contribution >= 0.6 is 11.6 Å². The molecule has 1 aromatic rings. The van der Waals surface area contributed by atoms with Crippen molar-refractivity contribution in [3.05, 3.63) is 40.2 Å². The van der Waals surface area contributed by atoms with Crippen LogP contribution in [0.3, 0.4) is 0 Å². The molecule has 1 aliphatic carbocycles. The van der Waals surface area contributed by atoms with E-state index in [0.29, 0.717) is 5.02 Å². The van der Waals surface area contributed by atoms with Crippen LogP contribution in [0.1, 0.15) is 18.4 Å². The van der Waals surface area contributed by atoms with Gasteiger partial charge in [0.15, 0.2) is 0 Å². The summed E-state index contributed by atoms with van der Waals surface area (Å²) >= 11 is 5.92. The van der Waals surface area contributed by atoms with Gasteiger partial charge in [-0.3, -0.25) is 0 Å².